The van der Waals surface area contributed by atoms with Crippen molar-refractivity contribution >= 4 is 34.4 Å². The first-order valence-electron chi connectivity index (χ1n) is 9.25. The number of aliphatic hydroxyl groups excluding tert-OH is 1. The van der Waals surface area contributed by atoms with E-state index in [1.807, 2.05) is 0 Å². The molecule has 1 heterocycles. The molecule has 0 amide bonds. The molecule has 5 nitrogen and oxygen atoms in total. The zero-order valence-corrected chi connectivity index (χ0v) is 17.6. The SMILES string of the molecule is O[C@@H](CNCc1ccc(C(F)(F)F)cc1)CO/N=C\C1=C(Cl)c2cc(Cl)ccc2OC1. The molecule has 0 saturated heterocycles. The molecule has 10 heteroatoms. The van der Waals surface area contributed by atoms with Gasteiger partial charge in [-0.2, -0.15) is 13.2 Å². The molecule has 0 aliphatic carbocycles. The number of halogens is 5. The highest BCUT2D eigenvalue weighted by Gasteiger charge is 2.29. The second-order valence-corrected chi connectivity index (χ2v) is 7.59. The third-order valence-electron chi connectivity index (χ3n) is 4.38. The quantitative estimate of drug-likeness (QED) is 0.423. The summed E-state index contributed by atoms with van der Waals surface area (Å²) < 4.78 is 43.2. The van der Waals surface area contributed by atoms with Crippen molar-refractivity contribution in [1.82, 2.24) is 5.32 Å². The van der Waals surface area contributed by atoms with Crippen LogP contribution in [-0.4, -0.2) is 37.2 Å². The van der Waals surface area contributed by atoms with E-state index in [9.17, 15) is 18.3 Å². The Hall–Kier alpha value is -2.26. The lowest BCUT2D eigenvalue weighted by Gasteiger charge is -2.18. The van der Waals surface area contributed by atoms with Gasteiger partial charge in [-0.3, -0.25) is 0 Å². The molecule has 0 fully saturated rings. The molecule has 1 atom stereocenters. The largest absolute Gasteiger partial charge is 0.488 e. The number of aliphatic hydroxyl groups is 1. The monoisotopic (exact) mass is 474 g/mol. The van der Waals surface area contributed by atoms with Gasteiger partial charge >= 0.3 is 6.18 Å². The normalized spacial score (nSPS) is 15.0. The van der Waals surface area contributed by atoms with Gasteiger partial charge < -0.3 is 20.0 Å². The highest BCUT2D eigenvalue weighted by Crippen LogP contribution is 2.36. The number of benzene rings is 2. The van der Waals surface area contributed by atoms with Crippen LogP contribution in [0.2, 0.25) is 5.02 Å². The van der Waals surface area contributed by atoms with E-state index in [1.165, 1.54) is 18.3 Å². The lowest BCUT2D eigenvalue weighted by molar-refractivity contribution is -0.137. The minimum atomic E-state index is -4.36. The molecule has 0 radical (unpaired) electrons. The van der Waals surface area contributed by atoms with E-state index in [1.54, 1.807) is 18.2 Å². The van der Waals surface area contributed by atoms with E-state index in [-0.39, 0.29) is 19.8 Å². The fourth-order valence-electron chi connectivity index (χ4n) is 2.77. The molecule has 1 aliphatic rings. The van der Waals surface area contributed by atoms with Gasteiger partial charge in [-0.05, 0) is 35.9 Å². The maximum Gasteiger partial charge on any atom is 0.416 e. The Bertz CT molecular complexity index is 963. The van der Waals surface area contributed by atoms with Crippen molar-refractivity contribution in [3.05, 3.63) is 69.8 Å². The molecule has 0 bridgehead atoms. The Labute approximate surface area is 187 Å². The molecular weight excluding hydrogens is 456 g/mol. The van der Waals surface area contributed by atoms with E-state index in [0.29, 0.717) is 39.0 Å². The number of alkyl halides is 3. The summed E-state index contributed by atoms with van der Waals surface area (Å²) in [6, 6.07) is 9.95. The molecular formula is C21H19Cl2F3N2O3. The molecule has 31 heavy (non-hydrogen) atoms. The van der Waals surface area contributed by atoms with E-state index >= 15 is 0 Å². The number of rotatable bonds is 8. The predicted octanol–water partition coefficient (Wildman–Crippen LogP) is 4.85. The van der Waals surface area contributed by atoms with Crippen LogP contribution >= 0.6 is 23.2 Å². The number of ether oxygens (including phenoxy) is 1. The third-order valence-corrected chi connectivity index (χ3v) is 5.06. The molecule has 0 spiro atoms. The first-order valence-corrected chi connectivity index (χ1v) is 10.0. The van der Waals surface area contributed by atoms with Gasteiger partial charge in [0.2, 0.25) is 0 Å². The Kier molecular flexibility index (Phi) is 7.83. The van der Waals surface area contributed by atoms with Crippen LogP contribution in [-0.2, 0) is 17.6 Å². The highest BCUT2D eigenvalue weighted by molar-refractivity contribution is 6.51. The zero-order valence-electron chi connectivity index (χ0n) is 16.1. The van der Waals surface area contributed by atoms with Gasteiger partial charge in [0.05, 0.1) is 16.8 Å². The predicted molar refractivity (Wildman–Crippen MR) is 113 cm³/mol. The van der Waals surface area contributed by atoms with Crippen molar-refractivity contribution in [3.63, 3.8) is 0 Å². The summed E-state index contributed by atoms with van der Waals surface area (Å²) in [5.41, 5.74) is 1.23. The van der Waals surface area contributed by atoms with Crippen LogP contribution in [0.4, 0.5) is 13.2 Å². The summed E-state index contributed by atoms with van der Waals surface area (Å²) in [5.74, 6) is 0.627. The fourth-order valence-corrected chi connectivity index (χ4v) is 3.19. The first kappa shape index (κ1) is 23.4. The summed E-state index contributed by atoms with van der Waals surface area (Å²) in [5, 5.41) is 17.7. The third kappa shape index (κ3) is 6.61. The lowest BCUT2D eigenvalue weighted by Crippen LogP contribution is -2.29. The molecule has 0 unspecified atom stereocenters. The minimum absolute atomic E-state index is 0.0787. The van der Waals surface area contributed by atoms with Crippen molar-refractivity contribution in [2.75, 3.05) is 19.8 Å². The van der Waals surface area contributed by atoms with Crippen molar-refractivity contribution in [2.45, 2.75) is 18.8 Å². The molecule has 2 aromatic carbocycles. The fraction of sp³-hybridized carbons (Fsp3) is 0.286. The summed E-state index contributed by atoms with van der Waals surface area (Å²) in [4.78, 5) is 5.09. The summed E-state index contributed by atoms with van der Waals surface area (Å²) in [6.07, 6.45) is -3.81. The Morgan fingerprint density at radius 1 is 1.19 bits per heavy atom. The summed E-state index contributed by atoms with van der Waals surface area (Å²) in [6.45, 7) is 0.623. The van der Waals surface area contributed by atoms with E-state index in [4.69, 9.17) is 32.8 Å². The topological polar surface area (TPSA) is 63.1 Å². The van der Waals surface area contributed by atoms with Gasteiger partial charge in [0, 0.05) is 29.2 Å². The Morgan fingerprint density at radius 2 is 1.94 bits per heavy atom. The van der Waals surface area contributed by atoms with Crippen molar-refractivity contribution < 1.29 is 27.9 Å². The number of oxime groups is 1. The first-order chi connectivity index (χ1) is 14.7. The molecule has 166 valence electrons. The molecule has 0 saturated carbocycles. The maximum absolute atomic E-state index is 12.6. The average Bonchev–Trinajstić information content (AvgIpc) is 2.73. The highest BCUT2D eigenvalue weighted by atomic mass is 35.5. The second kappa shape index (κ2) is 10.4. The van der Waals surface area contributed by atoms with Crippen LogP contribution in [0.5, 0.6) is 5.75 Å². The number of hydrogen-bond acceptors (Lipinski definition) is 5. The zero-order chi connectivity index (χ0) is 22.4. The standard InChI is InChI=1S/C21H19Cl2F3N2O3/c22-16-5-6-19-18(7-16)20(23)14(11-30-19)9-28-31-12-17(29)10-27-8-13-1-3-15(4-2-13)21(24,25)26/h1-7,9,17,27,29H,8,10-12H2/b28-9-/t17-/m0/s1. The number of nitrogens with zero attached hydrogens (tertiary/aromatic N) is 1. The van der Waals surface area contributed by atoms with Crippen molar-refractivity contribution in [3.8, 4) is 5.75 Å². The number of hydrogen-bond donors (Lipinski definition) is 2. The van der Waals surface area contributed by atoms with Crippen LogP contribution < -0.4 is 10.1 Å². The van der Waals surface area contributed by atoms with Crippen LogP contribution in [0, 0.1) is 0 Å². The van der Waals surface area contributed by atoms with Gasteiger partial charge in [0.1, 0.15) is 25.1 Å². The lowest BCUT2D eigenvalue weighted by atomic mass is 10.1. The summed E-state index contributed by atoms with van der Waals surface area (Å²) >= 11 is 12.3. The van der Waals surface area contributed by atoms with Crippen LogP contribution in [0.3, 0.4) is 0 Å². The molecule has 2 aromatic rings. The van der Waals surface area contributed by atoms with Gasteiger partial charge in [0.25, 0.3) is 0 Å². The van der Waals surface area contributed by atoms with Gasteiger partial charge in [-0.1, -0.05) is 40.5 Å². The molecule has 3 rings (SSSR count). The van der Waals surface area contributed by atoms with E-state index in [2.05, 4.69) is 10.5 Å². The maximum atomic E-state index is 12.6. The van der Waals surface area contributed by atoms with Crippen LogP contribution in [0.1, 0.15) is 16.7 Å². The molecule has 1 aliphatic heterocycles. The number of fused-ring (bicyclic) bond motifs is 1. The average molecular weight is 475 g/mol. The summed E-state index contributed by atoms with van der Waals surface area (Å²) in [7, 11) is 0. The molecule has 0 aromatic heterocycles. The van der Waals surface area contributed by atoms with Crippen molar-refractivity contribution in [2.24, 2.45) is 5.16 Å². The van der Waals surface area contributed by atoms with Crippen molar-refractivity contribution in [1.29, 1.82) is 0 Å². The van der Waals surface area contributed by atoms with E-state index in [0.717, 1.165) is 12.1 Å². The van der Waals surface area contributed by atoms with Gasteiger partial charge in [-0.15, -0.1) is 0 Å². The number of nitrogens with one attached hydrogen (secondary N) is 1. The van der Waals surface area contributed by atoms with Crippen LogP contribution in [0.15, 0.2) is 53.2 Å². The Balaban J connectivity index is 1.41. The van der Waals surface area contributed by atoms with E-state index < -0.39 is 17.8 Å². The van der Waals surface area contributed by atoms with Crippen LogP contribution in [0.25, 0.3) is 5.03 Å². The van der Waals surface area contributed by atoms with Gasteiger partial charge in [-0.25, -0.2) is 0 Å². The Morgan fingerprint density at radius 3 is 2.65 bits per heavy atom. The molecule has 2 N–H and O–H groups in total. The second-order valence-electron chi connectivity index (χ2n) is 6.78. The smallest absolute Gasteiger partial charge is 0.416 e. The minimum Gasteiger partial charge on any atom is -0.488 e. The van der Waals surface area contributed by atoms with Gasteiger partial charge in [0.15, 0.2) is 0 Å².